The van der Waals surface area contributed by atoms with Crippen LogP contribution in [0.5, 0.6) is 0 Å². The van der Waals surface area contributed by atoms with E-state index in [0.29, 0.717) is 11.5 Å². The lowest BCUT2D eigenvalue weighted by atomic mass is 10.2. The van der Waals surface area contributed by atoms with Crippen LogP contribution in [0.3, 0.4) is 0 Å². The molecule has 1 aromatic heterocycles. The Morgan fingerprint density at radius 2 is 2.43 bits per heavy atom. The van der Waals surface area contributed by atoms with Crippen LogP contribution < -0.4 is 5.32 Å². The number of nitriles is 1. The lowest BCUT2D eigenvalue weighted by molar-refractivity contribution is 0.271. The Bertz CT molecular complexity index is 328. The molecule has 0 aliphatic rings. The average molecular weight is 191 g/mol. The number of nitrogens with zero attached hydrogens (tertiary/aromatic N) is 2. The van der Waals surface area contributed by atoms with Crippen molar-refractivity contribution in [1.29, 1.82) is 5.26 Å². The molecule has 1 aromatic rings. The summed E-state index contributed by atoms with van der Waals surface area (Å²) < 4.78 is 0. The number of nitrogens with one attached hydrogen (secondary N) is 1. The second-order valence-corrected chi connectivity index (χ2v) is 2.95. The molecule has 0 fully saturated rings. The third-order valence-corrected chi connectivity index (χ3v) is 1.93. The van der Waals surface area contributed by atoms with Crippen LogP contribution in [0.15, 0.2) is 18.2 Å². The van der Waals surface area contributed by atoms with Gasteiger partial charge < -0.3 is 10.4 Å². The number of pyridine rings is 1. The van der Waals surface area contributed by atoms with Gasteiger partial charge in [-0.2, -0.15) is 5.26 Å². The molecule has 14 heavy (non-hydrogen) atoms. The molecule has 0 bridgehead atoms. The van der Waals surface area contributed by atoms with Crippen molar-refractivity contribution in [2.24, 2.45) is 0 Å². The van der Waals surface area contributed by atoms with Crippen LogP contribution >= 0.6 is 0 Å². The van der Waals surface area contributed by atoms with Crippen molar-refractivity contribution in [2.75, 3.05) is 11.9 Å². The fraction of sp³-hybridized carbons (Fsp3) is 0.400. The Balaban J connectivity index is 2.72. The van der Waals surface area contributed by atoms with Gasteiger partial charge in [0.15, 0.2) is 0 Å². The number of aromatic nitrogens is 1. The van der Waals surface area contributed by atoms with Crippen LogP contribution in [0.25, 0.3) is 0 Å². The highest BCUT2D eigenvalue weighted by atomic mass is 16.3. The van der Waals surface area contributed by atoms with Gasteiger partial charge in [-0.3, -0.25) is 0 Å². The molecule has 0 aliphatic carbocycles. The predicted octanol–water partition coefficient (Wildman–Crippen LogP) is 1.14. The van der Waals surface area contributed by atoms with E-state index in [1.54, 1.807) is 18.2 Å². The molecule has 74 valence electrons. The summed E-state index contributed by atoms with van der Waals surface area (Å²) in [5, 5.41) is 20.6. The van der Waals surface area contributed by atoms with E-state index in [0.717, 1.165) is 6.42 Å². The molecule has 0 aromatic carbocycles. The van der Waals surface area contributed by atoms with E-state index in [1.165, 1.54) is 0 Å². The van der Waals surface area contributed by atoms with Crippen molar-refractivity contribution in [2.45, 2.75) is 19.4 Å². The van der Waals surface area contributed by atoms with Gasteiger partial charge in [-0.25, -0.2) is 4.98 Å². The van der Waals surface area contributed by atoms with E-state index < -0.39 is 0 Å². The van der Waals surface area contributed by atoms with Crippen LogP contribution in [-0.4, -0.2) is 22.7 Å². The molecule has 4 heteroatoms. The Labute approximate surface area is 83.2 Å². The van der Waals surface area contributed by atoms with Gasteiger partial charge in [-0.05, 0) is 18.6 Å². The lowest BCUT2D eigenvalue weighted by Gasteiger charge is -2.14. The van der Waals surface area contributed by atoms with Crippen LogP contribution in [-0.2, 0) is 0 Å². The van der Waals surface area contributed by atoms with E-state index in [1.807, 2.05) is 13.0 Å². The fourth-order valence-corrected chi connectivity index (χ4v) is 1.06. The first kappa shape index (κ1) is 10.5. The predicted molar refractivity (Wildman–Crippen MR) is 53.7 cm³/mol. The van der Waals surface area contributed by atoms with Crippen molar-refractivity contribution in [3.63, 3.8) is 0 Å². The molecule has 1 heterocycles. The van der Waals surface area contributed by atoms with Gasteiger partial charge in [-0.1, -0.05) is 13.0 Å². The zero-order valence-electron chi connectivity index (χ0n) is 8.07. The van der Waals surface area contributed by atoms with E-state index in [4.69, 9.17) is 10.4 Å². The summed E-state index contributed by atoms with van der Waals surface area (Å²) in [7, 11) is 0. The minimum atomic E-state index is -0.00329. The standard InChI is InChI=1S/C10H13N3O/c1-2-8(7-14)12-10-5-3-4-9(6-11)13-10/h3-5,8,14H,2,7H2,1H3,(H,12,13). The lowest BCUT2D eigenvalue weighted by Crippen LogP contribution is -2.23. The van der Waals surface area contributed by atoms with E-state index in [-0.39, 0.29) is 12.6 Å². The number of hydrogen-bond donors (Lipinski definition) is 2. The maximum absolute atomic E-state index is 8.96. The van der Waals surface area contributed by atoms with Crippen molar-refractivity contribution >= 4 is 5.82 Å². The zero-order valence-corrected chi connectivity index (χ0v) is 8.07. The average Bonchev–Trinajstić information content (AvgIpc) is 2.26. The normalized spacial score (nSPS) is 11.8. The van der Waals surface area contributed by atoms with Crippen LogP contribution in [0.2, 0.25) is 0 Å². The summed E-state index contributed by atoms with van der Waals surface area (Å²) in [6.07, 6.45) is 0.814. The molecule has 1 unspecified atom stereocenters. The Morgan fingerprint density at radius 3 is 3.00 bits per heavy atom. The van der Waals surface area contributed by atoms with Crippen LogP contribution in [0, 0.1) is 11.3 Å². The molecular weight excluding hydrogens is 178 g/mol. The van der Waals surface area contributed by atoms with E-state index >= 15 is 0 Å². The number of aliphatic hydroxyl groups excluding tert-OH is 1. The first-order valence-corrected chi connectivity index (χ1v) is 4.54. The molecule has 0 saturated carbocycles. The minimum Gasteiger partial charge on any atom is -0.394 e. The van der Waals surface area contributed by atoms with Gasteiger partial charge in [0.25, 0.3) is 0 Å². The Kier molecular flexibility index (Phi) is 3.89. The number of rotatable bonds is 4. The van der Waals surface area contributed by atoms with Crippen LogP contribution in [0.4, 0.5) is 5.82 Å². The maximum atomic E-state index is 8.96. The summed E-state index contributed by atoms with van der Waals surface area (Å²) >= 11 is 0. The fourth-order valence-electron chi connectivity index (χ4n) is 1.06. The largest absolute Gasteiger partial charge is 0.394 e. The molecule has 1 rings (SSSR count). The topological polar surface area (TPSA) is 68.9 Å². The van der Waals surface area contributed by atoms with Gasteiger partial charge in [0.2, 0.25) is 0 Å². The summed E-state index contributed by atoms with van der Waals surface area (Å²) in [6.45, 7) is 2.04. The molecule has 0 aliphatic heterocycles. The van der Waals surface area contributed by atoms with E-state index in [9.17, 15) is 0 Å². The molecule has 0 radical (unpaired) electrons. The van der Waals surface area contributed by atoms with Gasteiger partial charge in [-0.15, -0.1) is 0 Å². The summed E-state index contributed by atoms with van der Waals surface area (Å²) in [5.41, 5.74) is 0.378. The van der Waals surface area contributed by atoms with Crippen molar-refractivity contribution < 1.29 is 5.11 Å². The van der Waals surface area contributed by atoms with Gasteiger partial charge in [0.05, 0.1) is 12.6 Å². The molecule has 2 N–H and O–H groups in total. The quantitative estimate of drug-likeness (QED) is 0.748. The van der Waals surface area contributed by atoms with Crippen molar-refractivity contribution in [3.8, 4) is 6.07 Å². The minimum absolute atomic E-state index is 0.00329. The highest BCUT2D eigenvalue weighted by molar-refractivity contribution is 5.39. The first-order valence-electron chi connectivity index (χ1n) is 4.54. The third kappa shape index (κ3) is 2.71. The summed E-state index contributed by atoms with van der Waals surface area (Å²) in [4.78, 5) is 4.04. The molecule has 0 amide bonds. The van der Waals surface area contributed by atoms with Crippen molar-refractivity contribution in [1.82, 2.24) is 4.98 Å². The zero-order chi connectivity index (χ0) is 10.4. The second kappa shape index (κ2) is 5.20. The third-order valence-electron chi connectivity index (χ3n) is 1.93. The van der Waals surface area contributed by atoms with E-state index in [2.05, 4.69) is 10.3 Å². The monoisotopic (exact) mass is 191 g/mol. The highest BCUT2D eigenvalue weighted by Gasteiger charge is 2.04. The first-order chi connectivity index (χ1) is 6.80. The number of anilines is 1. The SMILES string of the molecule is CCC(CO)Nc1cccc(C#N)n1. The smallest absolute Gasteiger partial charge is 0.142 e. The maximum Gasteiger partial charge on any atom is 0.142 e. The Hall–Kier alpha value is -1.60. The summed E-state index contributed by atoms with van der Waals surface area (Å²) in [5.74, 6) is 0.630. The van der Waals surface area contributed by atoms with Crippen LogP contribution in [0.1, 0.15) is 19.0 Å². The Morgan fingerprint density at radius 1 is 1.64 bits per heavy atom. The molecule has 1 atom stereocenters. The molecule has 0 spiro atoms. The molecule has 0 saturated heterocycles. The number of aliphatic hydroxyl groups is 1. The molecular formula is C10H13N3O. The van der Waals surface area contributed by atoms with Gasteiger partial charge in [0, 0.05) is 0 Å². The van der Waals surface area contributed by atoms with Crippen molar-refractivity contribution in [3.05, 3.63) is 23.9 Å². The van der Waals surface area contributed by atoms with Gasteiger partial charge in [0.1, 0.15) is 17.6 Å². The highest BCUT2D eigenvalue weighted by Crippen LogP contribution is 2.06. The molecule has 4 nitrogen and oxygen atoms in total. The number of hydrogen-bond acceptors (Lipinski definition) is 4. The summed E-state index contributed by atoms with van der Waals surface area (Å²) in [6, 6.07) is 7.14. The second-order valence-electron chi connectivity index (χ2n) is 2.95. The van der Waals surface area contributed by atoms with Gasteiger partial charge >= 0.3 is 0 Å².